The van der Waals surface area contributed by atoms with Gasteiger partial charge in [0.1, 0.15) is 31.1 Å². The van der Waals surface area contributed by atoms with Crippen molar-refractivity contribution in [3.8, 4) is 0 Å². The highest BCUT2D eigenvalue weighted by Gasteiger charge is 2.43. The third-order valence-corrected chi connectivity index (χ3v) is 3.52. The first-order chi connectivity index (χ1) is 11.1. The largest absolute Gasteiger partial charge is 0.378 e. The van der Waals surface area contributed by atoms with Gasteiger partial charge in [-0.2, -0.15) is 10.2 Å². The molecule has 0 unspecified atom stereocenters. The summed E-state index contributed by atoms with van der Waals surface area (Å²) in [5.74, 6) is -0.558. The van der Waals surface area contributed by atoms with E-state index in [-0.39, 0.29) is 12.1 Å². The highest BCUT2D eigenvalue weighted by Crippen LogP contribution is 2.36. The number of aliphatic hydroxyl groups is 1. The number of hydrogen-bond acceptors (Lipinski definition) is 6. The fourth-order valence-electron chi connectivity index (χ4n) is 2.53. The highest BCUT2D eigenvalue weighted by molar-refractivity contribution is 5.25. The highest BCUT2D eigenvalue weighted by atomic mass is 19.1. The Labute approximate surface area is 131 Å². The van der Waals surface area contributed by atoms with Crippen LogP contribution in [0, 0.1) is 5.82 Å². The van der Waals surface area contributed by atoms with E-state index in [1.165, 1.54) is 53.9 Å². The molecule has 0 saturated carbocycles. The Morgan fingerprint density at radius 2 is 1.96 bits per heavy atom. The summed E-state index contributed by atoms with van der Waals surface area (Å²) in [7, 11) is 1.40. The molecule has 0 aliphatic carbocycles. The number of benzene rings is 1. The van der Waals surface area contributed by atoms with Gasteiger partial charge in [-0.1, -0.05) is 18.2 Å². The quantitative estimate of drug-likeness (QED) is 0.721. The lowest BCUT2D eigenvalue weighted by atomic mass is 9.91. The molecule has 2 heterocycles. The van der Waals surface area contributed by atoms with Gasteiger partial charge < -0.3 is 9.84 Å². The van der Waals surface area contributed by atoms with Crippen molar-refractivity contribution in [3.05, 3.63) is 61.0 Å². The molecular weight excluding hydrogens is 303 g/mol. The van der Waals surface area contributed by atoms with Crippen molar-refractivity contribution >= 4 is 0 Å². The van der Waals surface area contributed by atoms with E-state index >= 15 is 0 Å². The minimum absolute atomic E-state index is 0.0675. The maximum atomic E-state index is 14.3. The number of rotatable bonds is 6. The molecule has 3 rings (SSSR count). The summed E-state index contributed by atoms with van der Waals surface area (Å²) in [6.45, 7) is -0.0771. The van der Waals surface area contributed by atoms with Crippen molar-refractivity contribution in [1.82, 2.24) is 29.5 Å². The Morgan fingerprint density at radius 3 is 2.57 bits per heavy atom. The Morgan fingerprint density at radius 1 is 1.22 bits per heavy atom. The monoisotopic (exact) mass is 318 g/mol. The number of ether oxygens (including phenoxy) is 1. The molecule has 2 atom stereocenters. The van der Waals surface area contributed by atoms with E-state index in [9.17, 15) is 9.50 Å². The third kappa shape index (κ3) is 2.83. The summed E-state index contributed by atoms with van der Waals surface area (Å²) in [6.07, 6.45) is 4.45. The van der Waals surface area contributed by atoms with Crippen LogP contribution in [0.1, 0.15) is 11.8 Å². The van der Waals surface area contributed by atoms with Crippen molar-refractivity contribution in [1.29, 1.82) is 0 Å². The molecule has 1 aromatic carbocycles. The molecule has 23 heavy (non-hydrogen) atoms. The van der Waals surface area contributed by atoms with Crippen LogP contribution >= 0.6 is 0 Å². The molecule has 8 nitrogen and oxygen atoms in total. The van der Waals surface area contributed by atoms with Gasteiger partial charge in [0.15, 0.2) is 11.8 Å². The molecule has 0 bridgehead atoms. The Bertz CT molecular complexity index is 748. The van der Waals surface area contributed by atoms with Crippen LogP contribution in [-0.4, -0.2) is 41.7 Å². The van der Waals surface area contributed by atoms with Gasteiger partial charge in [-0.25, -0.2) is 23.7 Å². The zero-order chi connectivity index (χ0) is 16.3. The van der Waals surface area contributed by atoms with Gasteiger partial charge in [-0.05, 0) is 6.07 Å². The summed E-state index contributed by atoms with van der Waals surface area (Å²) in [5.41, 5.74) is -1.71. The van der Waals surface area contributed by atoms with Crippen molar-refractivity contribution in [2.24, 2.45) is 0 Å². The first-order valence-corrected chi connectivity index (χ1v) is 6.82. The van der Waals surface area contributed by atoms with Gasteiger partial charge in [0.05, 0.1) is 6.54 Å². The van der Waals surface area contributed by atoms with Crippen LogP contribution in [0.4, 0.5) is 4.39 Å². The molecule has 0 aliphatic rings. The summed E-state index contributed by atoms with van der Waals surface area (Å²) in [6, 6.07) is 5.95. The molecule has 0 saturated heterocycles. The lowest BCUT2D eigenvalue weighted by Gasteiger charge is -2.35. The van der Waals surface area contributed by atoms with Crippen LogP contribution in [-0.2, 0) is 16.9 Å². The van der Waals surface area contributed by atoms with Crippen molar-refractivity contribution in [2.75, 3.05) is 7.11 Å². The Kier molecular flexibility index (Phi) is 4.13. The van der Waals surface area contributed by atoms with Gasteiger partial charge in [-0.15, -0.1) is 0 Å². The zero-order valence-electron chi connectivity index (χ0n) is 12.3. The molecule has 0 aliphatic heterocycles. The number of nitrogens with zero attached hydrogens (tertiary/aromatic N) is 6. The van der Waals surface area contributed by atoms with E-state index in [2.05, 4.69) is 20.2 Å². The summed E-state index contributed by atoms with van der Waals surface area (Å²) in [5, 5.41) is 19.3. The normalized spacial score (nSPS) is 15.3. The maximum absolute atomic E-state index is 14.3. The predicted molar refractivity (Wildman–Crippen MR) is 76.4 cm³/mol. The van der Waals surface area contributed by atoms with Gasteiger partial charge in [-0.3, -0.25) is 0 Å². The predicted octanol–water partition coefficient (Wildman–Crippen LogP) is 0.742. The smallest absolute Gasteiger partial charge is 0.186 e. The average molecular weight is 318 g/mol. The summed E-state index contributed by atoms with van der Waals surface area (Å²) in [4.78, 5) is 7.69. The summed E-state index contributed by atoms with van der Waals surface area (Å²) < 4.78 is 22.5. The van der Waals surface area contributed by atoms with Gasteiger partial charge >= 0.3 is 0 Å². The molecule has 1 N–H and O–H groups in total. The second-order valence-electron chi connectivity index (χ2n) is 4.96. The molecule has 9 heteroatoms. The maximum Gasteiger partial charge on any atom is 0.186 e. The van der Waals surface area contributed by atoms with Gasteiger partial charge in [0.2, 0.25) is 0 Å². The van der Waals surface area contributed by atoms with Gasteiger partial charge in [0.25, 0.3) is 0 Å². The van der Waals surface area contributed by atoms with Crippen molar-refractivity contribution in [3.63, 3.8) is 0 Å². The van der Waals surface area contributed by atoms with Crippen LogP contribution in [0.15, 0.2) is 49.6 Å². The first kappa shape index (κ1) is 15.3. The molecule has 0 radical (unpaired) electrons. The van der Waals surface area contributed by atoms with E-state index in [1.807, 2.05) is 0 Å². The number of halogens is 1. The topological polar surface area (TPSA) is 90.9 Å². The fourth-order valence-corrected chi connectivity index (χ4v) is 2.53. The van der Waals surface area contributed by atoms with Gasteiger partial charge in [0, 0.05) is 12.7 Å². The van der Waals surface area contributed by atoms with Crippen LogP contribution in [0.5, 0.6) is 0 Å². The van der Waals surface area contributed by atoms with Crippen molar-refractivity contribution < 1.29 is 14.2 Å². The molecule has 3 aromatic rings. The van der Waals surface area contributed by atoms with E-state index in [1.54, 1.807) is 12.1 Å². The SMILES string of the molecule is CO[C@@H](n1cncn1)[C@](O)(Cn1cncn1)c1ccccc1F. The molecule has 2 aromatic heterocycles. The van der Waals surface area contributed by atoms with Crippen LogP contribution < -0.4 is 0 Å². The molecule has 0 fully saturated rings. The Balaban J connectivity index is 2.11. The molecule has 0 spiro atoms. The minimum atomic E-state index is -1.78. The number of hydrogen-bond donors (Lipinski definition) is 1. The Hall–Kier alpha value is -2.65. The summed E-state index contributed by atoms with van der Waals surface area (Å²) >= 11 is 0. The number of aromatic nitrogens is 6. The minimum Gasteiger partial charge on any atom is -0.378 e. The standard InChI is InChI=1S/C14H15FN6O2/c1-23-13(21-10-17-8-19-21)14(22,6-20-9-16-7-18-20)11-4-2-3-5-12(11)15/h2-5,7-10,13,22H,6H2,1H3/t13-,14+/m1/s1. The molecule has 0 amide bonds. The number of methoxy groups -OCH3 is 1. The zero-order valence-corrected chi connectivity index (χ0v) is 12.3. The van der Waals surface area contributed by atoms with Crippen LogP contribution in [0.2, 0.25) is 0 Å². The van der Waals surface area contributed by atoms with Crippen LogP contribution in [0.3, 0.4) is 0 Å². The van der Waals surface area contributed by atoms with E-state index in [4.69, 9.17) is 4.74 Å². The lowest BCUT2D eigenvalue weighted by Crippen LogP contribution is -2.43. The lowest BCUT2D eigenvalue weighted by molar-refractivity contribution is -0.155. The fraction of sp³-hybridized carbons (Fsp3) is 0.286. The second kappa shape index (κ2) is 6.23. The van der Waals surface area contributed by atoms with E-state index in [0.29, 0.717) is 0 Å². The van der Waals surface area contributed by atoms with Crippen molar-refractivity contribution in [2.45, 2.75) is 18.4 Å². The molecular formula is C14H15FN6O2. The average Bonchev–Trinajstić information content (AvgIpc) is 3.22. The van der Waals surface area contributed by atoms with E-state index < -0.39 is 17.6 Å². The van der Waals surface area contributed by atoms with E-state index in [0.717, 1.165) is 0 Å². The second-order valence-corrected chi connectivity index (χ2v) is 4.96. The molecule has 120 valence electrons. The first-order valence-electron chi connectivity index (χ1n) is 6.82. The van der Waals surface area contributed by atoms with Crippen LogP contribution in [0.25, 0.3) is 0 Å². The third-order valence-electron chi connectivity index (χ3n) is 3.52.